The number of aromatic nitrogens is 1. The van der Waals surface area contributed by atoms with Crippen molar-refractivity contribution in [3.8, 4) is 0 Å². The minimum atomic E-state index is -3.41. The highest BCUT2D eigenvalue weighted by molar-refractivity contribution is 7.90. The zero-order valence-corrected chi connectivity index (χ0v) is 15.5. The Balaban J connectivity index is 1.84. The standard InChI is InChI=1S/C18H20ClFN2O2S/c1-25(23,24)17-9-15(19)10-21-18(17)14-6-4-8-22(12-14)11-13-5-2-3-7-16(13)20/h2-3,5,7,9-10,14H,4,6,8,11-12H2,1H3. The van der Waals surface area contributed by atoms with Crippen molar-refractivity contribution in [3.05, 3.63) is 58.6 Å². The fourth-order valence-corrected chi connectivity index (χ4v) is 4.49. The normalized spacial score (nSPS) is 19.1. The van der Waals surface area contributed by atoms with Gasteiger partial charge in [-0.3, -0.25) is 9.88 Å². The van der Waals surface area contributed by atoms with Gasteiger partial charge < -0.3 is 0 Å². The number of benzene rings is 1. The summed E-state index contributed by atoms with van der Waals surface area (Å²) in [7, 11) is -3.41. The van der Waals surface area contributed by atoms with Gasteiger partial charge in [-0.2, -0.15) is 0 Å². The minimum absolute atomic E-state index is 0.0116. The minimum Gasteiger partial charge on any atom is -0.298 e. The van der Waals surface area contributed by atoms with Crippen LogP contribution in [-0.4, -0.2) is 37.6 Å². The number of piperidine rings is 1. The summed E-state index contributed by atoms with van der Waals surface area (Å²) in [6, 6.07) is 8.20. The first-order valence-electron chi connectivity index (χ1n) is 8.16. The van der Waals surface area contributed by atoms with Crippen LogP contribution in [0.1, 0.15) is 30.0 Å². The Kier molecular flexibility index (Phi) is 5.41. The predicted molar refractivity (Wildman–Crippen MR) is 96.0 cm³/mol. The Morgan fingerprint density at radius 2 is 2.12 bits per heavy atom. The monoisotopic (exact) mass is 382 g/mol. The molecule has 1 aliphatic heterocycles. The van der Waals surface area contributed by atoms with Gasteiger partial charge in [0.15, 0.2) is 9.84 Å². The molecule has 4 nitrogen and oxygen atoms in total. The molecule has 0 aliphatic carbocycles. The summed E-state index contributed by atoms with van der Waals surface area (Å²) in [5, 5.41) is 0.309. The molecule has 2 heterocycles. The summed E-state index contributed by atoms with van der Waals surface area (Å²) in [6.07, 6.45) is 4.42. The van der Waals surface area contributed by atoms with Gasteiger partial charge in [0.2, 0.25) is 0 Å². The smallest absolute Gasteiger partial charge is 0.177 e. The summed E-state index contributed by atoms with van der Waals surface area (Å²) in [5.74, 6) is -0.228. The van der Waals surface area contributed by atoms with Crippen LogP contribution < -0.4 is 0 Å². The SMILES string of the molecule is CS(=O)(=O)c1cc(Cl)cnc1C1CCCN(Cc2ccccc2F)C1. The van der Waals surface area contributed by atoms with E-state index in [9.17, 15) is 12.8 Å². The molecule has 1 aromatic carbocycles. The number of hydrogen-bond acceptors (Lipinski definition) is 4. The lowest BCUT2D eigenvalue weighted by atomic mass is 9.94. The van der Waals surface area contributed by atoms with Crippen LogP contribution >= 0.6 is 11.6 Å². The summed E-state index contributed by atoms with van der Waals surface area (Å²) in [6.45, 7) is 2.00. The molecule has 0 N–H and O–H groups in total. The van der Waals surface area contributed by atoms with Crippen LogP contribution in [0.4, 0.5) is 4.39 Å². The molecule has 0 radical (unpaired) electrons. The third-order valence-corrected chi connectivity index (χ3v) is 5.82. The highest BCUT2D eigenvalue weighted by atomic mass is 35.5. The van der Waals surface area contributed by atoms with E-state index in [0.29, 0.717) is 29.4 Å². The van der Waals surface area contributed by atoms with Crippen LogP contribution in [0, 0.1) is 5.82 Å². The van der Waals surface area contributed by atoms with Gasteiger partial charge in [0.05, 0.1) is 15.6 Å². The summed E-state index contributed by atoms with van der Waals surface area (Å²) in [5.41, 5.74) is 1.21. The zero-order valence-electron chi connectivity index (χ0n) is 14.0. The van der Waals surface area contributed by atoms with Gasteiger partial charge in [-0.1, -0.05) is 29.8 Å². The van der Waals surface area contributed by atoms with Crippen LogP contribution in [0.5, 0.6) is 0 Å². The molecule has 0 saturated carbocycles. The van der Waals surface area contributed by atoms with E-state index in [-0.39, 0.29) is 16.6 Å². The Morgan fingerprint density at radius 1 is 1.36 bits per heavy atom. The second kappa shape index (κ2) is 7.40. The molecule has 1 aromatic heterocycles. The molecule has 134 valence electrons. The predicted octanol–water partition coefficient (Wildman–Crippen LogP) is 3.66. The maximum Gasteiger partial charge on any atom is 0.177 e. The highest BCUT2D eigenvalue weighted by Gasteiger charge is 2.27. The molecule has 25 heavy (non-hydrogen) atoms. The average molecular weight is 383 g/mol. The van der Waals surface area contributed by atoms with Crippen molar-refractivity contribution in [2.24, 2.45) is 0 Å². The highest BCUT2D eigenvalue weighted by Crippen LogP contribution is 2.32. The Hall–Kier alpha value is -1.50. The third kappa shape index (κ3) is 4.37. The Labute approximate surface area is 152 Å². The lowest BCUT2D eigenvalue weighted by molar-refractivity contribution is 0.195. The van der Waals surface area contributed by atoms with E-state index >= 15 is 0 Å². The molecule has 0 amide bonds. The first kappa shape index (κ1) is 18.3. The van der Waals surface area contributed by atoms with Crippen LogP contribution in [0.2, 0.25) is 5.02 Å². The van der Waals surface area contributed by atoms with E-state index in [2.05, 4.69) is 9.88 Å². The van der Waals surface area contributed by atoms with Crippen LogP contribution in [-0.2, 0) is 16.4 Å². The second-order valence-electron chi connectivity index (χ2n) is 6.47. The largest absolute Gasteiger partial charge is 0.298 e. The van der Waals surface area contributed by atoms with E-state index < -0.39 is 9.84 Å². The quantitative estimate of drug-likeness (QED) is 0.809. The number of halogens is 2. The molecule has 1 saturated heterocycles. The van der Waals surface area contributed by atoms with Crippen LogP contribution in [0.3, 0.4) is 0 Å². The van der Waals surface area contributed by atoms with Crippen LogP contribution in [0.15, 0.2) is 41.4 Å². The second-order valence-corrected chi connectivity index (χ2v) is 8.90. The molecule has 0 spiro atoms. The Morgan fingerprint density at radius 3 is 2.84 bits per heavy atom. The van der Waals surface area contributed by atoms with E-state index in [1.807, 2.05) is 6.07 Å². The van der Waals surface area contributed by atoms with Crippen molar-refractivity contribution in [2.75, 3.05) is 19.3 Å². The summed E-state index contributed by atoms with van der Waals surface area (Å²) in [4.78, 5) is 6.66. The number of nitrogens with zero attached hydrogens (tertiary/aromatic N) is 2. The number of pyridine rings is 1. The lowest BCUT2D eigenvalue weighted by Gasteiger charge is -2.33. The van der Waals surface area contributed by atoms with Gasteiger partial charge in [-0.25, -0.2) is 12.8 Å². The summed E-state index contributed by atoms with van der Waals surface area (Å²) < 4.78 is 38.1. The first-order valence-corrected chi connectivity index (χ1v) is 10.4. The van der Waals surface area contributed by atoms with Crippen molar-refractivity contribution in [3.63, 3.8) is 0 Å². The van der Waals surface area contributed by atoms with Gasteiger partial charge in [-0.15, -0.1) is 0 Å². The number of rotatable bonds is 4. The Bertz CT molecular complexity index is 873. The zero-order chi connectivity index (χ0) is 18.0. The molecule has 1 atom stereocenters. The molecule has 0 bridgehead atoms. The van der Waals surface area contributed by atoms with Crippen molar-refractivity contribution >= 4 is 21.4 Å². The molecule has 7 heteroatoms. The molecular formula is C18H20ClFN2O2S. The number of sulfone groups is 1. The van der Waals surface area contributed by atoms with Crippen molar-refractivity contribution in [1.29, 1.82) is 0 Å². The van der Waals surface area contributed by atoms with E-state index in [0.717, 1.165) is 19.4 Å². The van der Waals surface area contributed by atoms with E-state index in [1.54, 1.807) is 12.1 Å². The molecule has 1 aliphatic rings. The summed E-state index contributed by atoms with van der Waals surface area (Å²) >= 11 is 5.94. The van der Waals surface area contributed by atoms with Crippen molar-refractivity contribution in [1.82, 2.24) is 9.88 Å². The van der Waals surface area contributed by atoms with Gasteiger partial charge in [0.1, 0.15) is 5.82 Å². The van der Waals surface area contributed by atoms with Gasteiger partial charge in [0.25, 0.3) is 0 Å². The lowest BCUT2D eigenvalue weighted by Crippen LogP contribution is -2.35. The third-order valence-electron chi connectivity index (χ3n) is 4.49. The van der Waals surface area contributed by atoms with Gasteiger partial charge in [0, 0.05) is 37.0 Å². The van der Waals surface area contributed by atoms with Crippen molar-refractivity contribution in [2.45, 2.75) is 30.2 Å². The van der Waals surface area contributed by atoms with Crippen LogP contribution in [0.25, 0.3) is 0 Å². The number of likely N-dealkylation sites (tertiary alicyclic amines) is 1. The van der Waals surface area contributed by atoms with Gasteiger partial charge in [-0.05, 0) is 31.5 Å². The molecular weight excluding hydrogens is 363 g/mol. The van der Waals surface area contributed by atoms with E-state index in [1.165, 1.54) is 24.6 Å². The average Bonchev–Trinajstić information content (AvgIpc) is 2.56. The fraction of sp³-hybridized carbons (Fsp3) is 0.389. The molecule has 3 rings (SSSR count). The fourth-order valence-electron chi connectivity index (χ4n) is 3.32. The topological polar surface area (TPSA) is 50.3 Å². The molecule has 1 fully saturated rings. The first-order chi connectivity index (χ1) is 11.8. The maximum atomic E-state index is 13.9. The van der Waals surface area contributed by atoms with E-state index in [4.69, 9.17) is 11.6 Å². The molecule has 1 unspecified atom stereocenters. The number of hydrogen-bond donors (Lipinski definition) is 0. The molecule has 2 aromatic rings. The maximum absolute atomic E-state index is 13.9. The van der Waals surface area contributed by atoms with Crippen molar-refractivity contribution < 1.29 is 12.8 Å². The van der Waals surface area contributed by atoms with Gasteiger partial charge >= 0.3 is 0 Å².